The van der Waals surface area contributed by atoms with Crippen molar-refractivity contribution in [3.8, 4) is 5.75 Å². The van der Waals surface area contributed by atoms with Gasteiger partial charge in [-0.25, -0.2) is 0 Å². The Balaban J connectivity index is 1.94. The first-order valence-electron chi connectivity index (χ1n) is 6.27. The molecule has 1 aromatic rings. The first kappa shape index (κ1) is 15.2. The number of benzene rings is 1. The molecule has 1 heterocycles. The lowest BCUT2D eigenvalue weighted by atomic mass is 10.0. The average Bonchev–Trinajstić information content (AvgIpc) is 2.64. The van der Waals surface area contributed by atoms with Crippen LogP contribution in [0.15, 0.2) is 24.3 Å². The number of hydrogen-bond acceptors (Lipinski definition) is 3. The number of hydrogen-bond donors (Lipinski definition) is 3. The molecule has 1 saturated heterocycles. The molecule has 1 aliphatic heterocycles. The zero-order valence-electron chi connectivity index (χ0n) is 11.5. The second-order valence-corrected chi connectivity index (χ2v) is 7.89. The van der Waals surface area contributed by atoms with Crippen molar-refractivity contribution < 1.29 is 13.5 Å². The number of ether oxygens (including phenoxy) is 1. The SMILES string of the molecule is COc1ccc(NC(=S)N[C@@]2(C)CC[S+](=O)(O)C2)cc1. The molecule has 1 unspecified atom stereocenters. The van der Waals surface area contributed by atoms with Crippen molar-refractivity contribution >= 4 is 33.2 Å². The van der Waals surface area contributed by atoms with Gasteiger partial charge in [0.1, 0.15) is 11.5 Å². The first-order chi connectivity index (χ1) is 9.32. The minimum absolute atomic E-state index is 0.227. The molecule has 2 rings (SSSR count). The van der Waals surface area contributed by atoms with E-state index in [4.69, 9.17) is 17.0 Å². The fourth-order valence-electron chi connectivity index (χ4n) is 2.24. The van der Waals surface area contributed by atoms with Crippen LogP contribution in [0.5, 0.6) is 5.75 Å². The van der Waals surface area contributed by atoms with E-state index >= 15 is 0 Å². The van der Waals surface area contributed by atoms with Crippen molar-refractivity contribution in [1.82, 2.24) is 5.32 Å². The Hall–Kier alpha value is -1.18. The normalized spacial score (nSPS) is 28.9. The van der Waals surface area contributed by atoms with Crippen LogP contribution in [-0.2, 0) is 14.4 Å². The lowest BCUT2D eigenvalue weighted by molar-refractivity contribution is 0.415. The van der Waals surface area contributed by atoms with Gasteiger partial charge >= 0.3 is 0 Å². The van der Waals surface area contributed by atoms with Crippen LogP contribution in [0.25, 0.3) is 0 Å². The van der Waals surface area contributed by atoms with Crippen molar-refractivity contribution in [3.05, 3.63) is 24.3 Å². The van der Waals surface area contributed by atoms with Gasteiger partial charge in [-0.2, -0.15) is 4.55 Å². The summed E-state index contributed by atoms with van der Waals surface area (Å²) in [5.74, 6) is 1.32. The predicted molar refractivity (Wildman–Crippen MR) is 85.8 cm³/mol. The molecule has 3 N–H and O–H groups in total. The summed E-state index contributed by atoms with van der Waals surface area (Å²) in [7, 11) is -1.08. The van der Waals surface area contributed by atoms with Gasteiger partial charge in [-0.15, -0.1) is 0 Å². The Kier molecular flexibility index (Phi) is 4.31. The van der Waals surface area contributed by atoms with Crippen LogP contribution in [0.2, 0.25) is 0 Å². The summed E-state index contributed by atoms with van der Waals surface area (Å²) in [6.07, 6.45) is 0.632. The minimum Gasteiger partial charge on any atom is -0.497 e. The molecule has 0 amide bonds. The van der Waals surface area contributed by atoms with E-state index in [9.17, 15) is 8.76 Å². The van der Waals surface area contributed by atoms with E-state index < -0.39 is 15.8 Å². The summed E-state index contributed by atoms with van der Waals surface area (Å²) in [6.45, 7) is 1.91. The molecular weight excluding hydrogens is 296 g/mol. The standard InChI is InChI=1S/C13H18N2O3S2/c1-13(7-8-20(16,17)9-13)15-12(19)14-10-3-5-11(18-2)6-4-10/h3-6H,7-9H2,1-2H3,(H2-,14,15,16,17,19)/p+1/t13-/m0/s1. The zero-order valence-corrected chi connectivity index (χ0v) is 13.1. The Morgan fingerprint density at radius 1 is 1.45 bits per heavy atom. The Morgan fingerprint density at radius 2 is 2.10 bits per heavy atom. The summed E-state index contributed by atoms with van der Waals surface area (Å²) in [5, 5.41) is 6.65. The molecular formula is C13H19N2O3S2+. The molecule has 0 radical (unpaired) electrons. The van der Waals surface area contributed by atoms with Gasteiger partial charge in [-0.3, -0.25) is 0 Å². The highest BCUT2D eigenvalue weighted by Gasteiger charge is 2.47. The second-order valence-electron chi connectivity index (χ2n) is 5.24. The quantitative estimate of drug-likeness (QED) is 0.586. The van der Waals surface area contributed by atoms with E-state index in [1.165, 1.54) is 0 Å². The van der Waals surface area contributed by atoms with Crippen molar-refractivity contribution in [2.75, 3.05) is 23.9 Å². The monoisotopic (exact) mass is 315 g/mol. The first-order valence-corrected chi connectivity index (χ1v) is 8.53. The fourth-order valence-corrected chi connectivity index (χ4v) is 4.73. The molecule has 2 atom stereocenters. The molecule has 110 valence electrons. The lowest BCUT2D eigenvalue weighted by Crippen LogP contribution is -2.48. The Bertz CT molecular complexity index is 547. The van der Waals surface area contributed by atoms with Crippen molar-refractivity contribution in [3.63, 3.8) is 0 Å². The third kappa shape index (κ3) is 3.91. The lowest BCUT2D eigenvalue weighted by Gasteiger charge is -2.23. The van der Waals surface area contributed by atoms with Crippen molar-refractivity contribution in [1.29, 1.82) is 0 Å². The van der Waals surface area contributed by atoms with Crippen molar-refractivity contribution in [2.24, 2.45) is 0 Å². The van der Waals surface area contributed by atoms with Crippen LogP contribution in [0.1, 0.15) is 13.3 Å². The molecule has 0 spiro atoms. The smallest absolute Gasteiger partial charge is 0.216 e. The van der Waals surface area contributed by atoms with Crippen LogP contribution in [0.3, 0.4) is 0 Å². The highest BCUT2D eigenvalue weighted by atomic mass is 32.3. The second kappa shape index (κ2) is 5.67. The number of rotatable bonds is 3. The summed E-state index contributed by atoms with van der Waals surface area (Å²) in [6, 6.07) is 7.39. The molecule has 7 heteroatoms. The Labute approximate surface area is 125 Å². The number of methoxy groups -OCH3 is 1. The molecule has 0 aromatic heterocycles. The average molecular weight is 315 g/mol. The van der Waals surface area contributed by atoms with Gasteiger partial charge < -0.3 is 15.4 Å². The summed E-state index contributed by atoms with van der Waals surface area (Å²) >= 11 is 5.25. The number of thiocarbonyl (C=S) groups is 1. The van der Waals surface area contributed by atoms with Crippen LogP contribution in [0, 0.1) is 0 Å². The summed E-state index contributed by atoms with van der Waals surface area (Å²) in [4.78, 5) is 0. The molecule has 1 fully saturated rings. The minimum atomic E-state index is -2.70. The maximum absolute atomic E-state index is 11.7. The van der Waals surface area contributed by atoms with E-state index in [-0.39, 0.29) is 5.75 Å². The van der Waals surface area contributed by atoms with Gasteiger partial charge in [0.05, 0.1) is 12.6 Å². The third-order valence-corrected chi connectivity index (χ3v) is 5.41. The third-order valence-electron chi connectivity index (χ3n) is 3.28. The molecule has 20 heavy (non-hydrogen) atoms. The van der Waals surface area contributed by atoms with Gasteiger partial charge in [0.25, 0.3) is 0 Å². The number of anilines is 1. The highest BCUT2D eigenvalue weighted by Crippen LogP contribution is 2.26. The predicted octanol–water partition coefficient (Wildman–Crippen LogP) is 2.12. The van der Waals surface area contributed by atoms with Crippen LogP contribution >= 0.6 is 12.2 Å². The molecule has 0 aliphatic carbocycles. The van der Waals surface area contributed by atoms with Gasteiger partial charge in [0, 0.05) is 12.1 Å². The van der Waals surface area contributed by atoms with E-state index in [1.54, 1.807) is 7.11 Å². The number of nitrogens with one attached hydrogen (secondary N) is 2. The molecule has 1 aliphatic rings. The molecule has 1 aromatic carbocycles. The van der Waals surface area contributed by atoms with Gasteiger partial charge in [-0.1, -0.05) is 4.21 Å². The van der Waals surface area contributed by atoms with Crippen molar-refractivity contribution in [2.45, 2.75) is 18.9 Å². The van der Waals surface area contributed by atoms with Crippen LogP contribution in [0.4, 0.5) is 5.69 Å². The van der Waals surface area contributed by atoms with E-state index in [1.807, 2.05) is 31.2 Å². The van der Waals surface area contributed by atoms with Gasteiger partial charge in [0.2, 0.25) is 10.2 Å². The maximum Gasteiger partial charge on any atom is 0.216 e. The zero-order chi connectivity index (χ0) is 14.8. The van der Waals surface area contributed by atoms with Gasteiger partial charge in [-0.05, 0) is 43.4 Å². The van der Waals surface area contributed by atoms with E-state index in [0.29, 0.717) is 17.3 Å². The van der Waals surface area contributed by atoms with E-state index in [0.717, 1.165) is 11.4 Å². The summed E-state index contributed by atoms with van der Waals surface area (Å²) < 4.78 is 26.3. The van der Waals surface area contributed by atoms with Gasteiger partial charge in [0.15, 0.2) is 10.9 Å². The molecule has 0 bridgehead atoms. The largest absolute Gasteiger partial charge is 0.497 e. The summed E-state index contributed by atoms with van der Waals surface area (Å²) in [5.41, 5.74) is 0.414. The highest BCUT2D eigenvalue weighted by molar-refractivity contribution is 7.98. The Morgan fingerprint density at radius 3 is 2.60 bits per heavy atom. The molecule has 0 saturated carbocycles. The topological polar surface area (TPSA) is 70.6 Å². The van der Waals surface area contributed by atoms with Crippen LogP contribution in [-0.4, -0.2) is 33.8 Å². The molecule has 5 nitrogen and oxygen atoms in total. The fraction of sp³-hybridized carbons (Fsp3) is 0.462. The maximum atomic E-state index is 11.7. The van der Waals surface area contributed by atoms with Crippen LogP contribution < -0.4 is 15.4 Å². The van der Waals surface area contributed by atoms with E-state index in [2.05, 4.69) is 10.6 Å².